The summed E-state index contributed by atoms with van der Waals surface area (Å²) in [6.45, 7) is 0.828. The Hall–Kier alpha value is -2.61. The number of nitrogens with zero attached hydrogens (tertiary/aromatic N) is 1. The van der Waals surface area contributed by atoms with Crippen LogP contribution in [0.2, 0.25) is 0 Å². The SMILES string of the molecule is NCCC[C@H](NC(=O)OCc1ccccc1)C(=O)N1CCC[C@H]1C(=O)O. The van der Waals surface area contributed by atoms with E-state index in [0.717, 1.165) is 5.56 Å². The number of ether oxygens (including phenoxy) is 1. The number of benzene rings is 1. The zero-order valence-electron chi connectivity index (χ0n) is 14.6. The van der Waals surface area contributed by atoms with Gasteiger partial charge in [-0.1, -0.05) is 30.3 Å². The molecule has 0 bridgehead atoms. The fourth-order valence-corrected chi connectivity index (χ4v) is 2.97. The van der Waals surface area contributed by atoms with Crippen molar-refractivity contribution >= 4 is 18.0 Å². The quantitative estimate of drug-likeness (QED) is 0.636. The molecule has 1 saturated heterocycles. The van der Waals surface area contributed by atoms with Crippen molar-refractivity contribution < 1.29 is 24.2 Å². The van der Waals surface area contributed by atoms with Crippen LogP contribution >= 0.6 is 0 Å². The molecule has 0 aliphatic carbocycles. The van der Waals surface area contributed by atoms with E-state index < -0.39 is 30.1 Å². The smallest absolute Gasteiger partial charge is 0.408 e. The lowest BCUT2D eigenvalue weighted by Gasteiger charge is -2.27. The van der Waals surface area contributed by atoms with Gasteiger partial charge in [-0.3, -0.25) is 4.79 Å². The Morgan fingerprint density at radius 3 is 2.69 bits per heavy atom. The number of hydrogen-bond donors (Lipinski definition) is 3. The number of amides is 2. The van der Waals surface area contributed by atoms with Crippen molar-refractivity contribution in [2.45, 2.75) is 44.4 Å². The van der Waals surface area contributed by atoms with Crippen LogP contribution < -0.4 is 11.1 Å². The average Bonchev–Trinajstić information content (AvgIpc) is 3.14. The molecule has 2 atom stereocenters. The van der Waals surface area contributed by atoms with E-state index >= 15 is 0 Å². The lowest BCUT2D eigenvalue weighted by atomic mass is 10.1. The van der Waals surface area contributed by atoms with Crippen molar-refractivity contribution in [1.82, 2.24) is 10.2 Å². The number of carboxylic acid groups (broad SMARTS) is 1. The van der Waals surface area contributed by atoms with Gasteiger partial charge in [-0.25, -0.2) is 9.59 Å². The second kappa shape index (κ2) is 9.76. The Kier molecular flexibility index (Phi) is 7.40. The number of aliphatic carboxylic acids is 1. The maximum Gasteiger partial charge on any atom is 0.408 e. The summed E-state index contributed by atoms with van der Waals surface area (Å²) in [6, 6.07) is 7.50. The van der Waals surface area contributed by atoms with Crippen molar-refractivity contribution in [2.75, 3.05) is 13.1 Å². The molecule has 0 spiro atoms. The van der Waals surface area contributed by atoms with Gasteiger partial charge in [-0.15, -0.1) is 0 Å². The number of carbonyl (C=O) groups is 3. The standard InChI is InChI=1S/C18H25N3O5/c19-10-4-8-14(16(22)21-11-5-9-15(21)17(23)24)20-18(25)26-12-13-6-2-1-3-7-13/h1-3,6-7,14-15H,4-5,8-12,19H2,(H,20,25)(H,23,24)/t14-,15-/m0/s1. The molecule has 1 aliphatic rings. The van der Waals surface area contributed by atoms with Crippen molar-refractivity contribution in [3.63, 3.8) is 0 Å². The summed E-state index contributed by atoms with van der Waals surface area (Å²) in [7, 11) is 0. The molecular weight excluding hydrogens is 338 g/mol. The molecule has 1 aromatic carbocycles. The molecule has 2 rings (SSSR count). The molecule has 0 aromatic heterocycles. The fraction of sp³-hybridized carbons (Fsp3) is 0.500. The largest absolute Gasteiger partial charge is 0.480 e. The maximum absolute atomic E-state index is 12.7. The topological polar surface area (TPSA) is 122 Å². The zero-order chi connectivity index (χ0) is 18.9. The second-order valence-corrected chi connectivity index (χ2v) is 6.22. The summed E-state index contributed by atoms with van der Waals surface area (Å²) < 4.78 is 5.16. The highest BCUT2D eigenvalue weighted by Gasteiger charge is 2.37. The minimum atomic E-state index is -1.03. The molecular formula is C18H25N3O5. The highest BCUT2D eigenvalue weighted by molar-refractivity contribution is 5.89. The first-order valence-electron chi connectivity index (χ1n) is 8.73. The molecule has 0 radical (unpaired) electrons. The van der Waals surface area contributed by atoms with Crippen LogP contribution in [0.5, 0.6) is 0 Å². The van der Waals surface area contributed by atoms with Crippen molar-refractivity contribution in [3.8, 4) is 0 Å². The summed E-state index contributed by atoms with van der Waals surface area (Å²) in [5.41, 5.74) is 6.34. The van der Waals surface area contributed by atoms with Gasteiger partial charge in [0.15, 0.2) is 0 Å². The summed E-state index contributed by atoms with van der Waals surface area (Å²) in [5.74, 6) is -1.43. The normalized spacial score (nSPS) is 17.6. The first kappa shape index (κ1) is 19.7. The molecule has 2 amide bonds. The van der Waals surface area contributed by atoms with Crippen molar-refractivity contribution in [1.29, 1.82) is 0 Å². The van der Waals surface area contributed by atoms with Crippen LogP contribution in [0.3, 0.4) is 0 Å². The Labute approximate surface area is 152 Å². The van der Waals surface area contributed by atoms with E-state index in [0.29, 0.717) is 38.8 Å². The summed E-state index contributed by atoms with van der Waals surface area (Å²) >= 11 is 0. The molecule has 142 valence electrons. The second-order valence-electron chi connectivity index (χ2n) is 6.22. The predicted octanol–water partition coefficient (Wildman–Crippen LogP) is 1.10. The molecule has 1 heterocycles. The first-order chi connectivity index (χ1) is 12.5. The molecule has 8 heteroatoms. The summed E-state index contributed by atoms with van der Waals surface area (Å²) in [4.78, 5) is 37.4. The third kappa shape index (κ3) is 5.45. The van der Waals surface area contributed by atoms with Crippen molar-refractivity contribution in [2.24, 2.45) is 5.73 Å². The van der Waals surface area contributed by atoms with E-state index in [1.807, 2.05) is 30.3 Å². The van der Waals surface area contributed by atoms with E-state index in [2.05, 4.69) is 5.32 Å². The predicted molar refractivity (Wildman–Crippen MR) is 94.2 cm³/mol. The fourth-order valence-electron chi connectivity index (χ4n) is 2.97. The van der Waals surface area contributed by atoms with Crippen LogP contribution in [-0.2, 0) is 20.9 Å². The monoisotopic (exact) mass is 363 g/mol. The minimum Gasteiger partial charge on any atom is -0.480 e. The average molecular weight is 363 g/mol. The Morgan fingerprint density at radius 1 is 1.31 bits per heavy atom. The van der Waals surface area contributed by atoms with Gasteiger partial charge < -0.3 is 25.8 Å². The molecule has 0 unspecified atom stereocenters. The van der Waals surface area contributed by atoms with Crippen LogP contribution in [-0.4, -0.2) is 53.1 Å². The van der Waals surface area contributed by atoms with Gasteiger partial charge in [0, 0.05) is 6.54 Å². The number of nitrogens with one attached hydrogen (secondary N) is 1. The Morgan fingerprint density at radius 2 is 2.04 bits per heavy atom. The van der Waals surface area contributed by atoms with Crippen LogP contribution in [0.15, 0.2) is 30.3 Å². The van der Waals surface area contributed by atoms with E-state index in [9.17, 15) is 19.5 Å². The van der Waals surface area contributed by atoms with Crippen LogP contribution in [0, 0.1) is 0 Å². The molecule has 1 aromatic rings. The molecule has 8 nitrogen and oxygen atoms in total. The number of carbonyl (C=O) groups excluding carboxylic acids is 2. The van der Waals surface area contributed by atoms with Crippen molar-refractivity contribution in [3.05, 3.63) is 35.9 Å². The lowest BCUT2D eigenvalue weighted by molar-refractivity contribution is -0.149. The Balaban J connectivity index is 1.96. The highest BCUT2D eigenvalue weighted by atomic mass is 16.5. The number of carboxylic acids is 1. The summed E-state index contributed by atoms with van der Waals surface area (Å²) in [5, 5.41) is 11.8. The van der Waals surface area contributed by atoms with Gasteiger partial charge in [0.1, 0.15) is 18.7 Å². The Bertz CT molecular complexity index is 623. The number of likely N-dealkylation sites (tertiary alicyclic amines) is 1. The van der Waals surface area contributed by atoms with Gasteiger partial charge in [0.2, 0.25) is 5.91 Å². The van der Waals surface area contributed by atoms with E-state index in [4.69, 9.17) is 10.5 Å². The zero-order valence-corrected chi connectivity index (χ0v) is 14.6. The van der Waals surface area contributed by atoms with E-state index in [-0.39, 0.29) is 6.61 Å². The molecule has 4 N–H and O–H groups in total. The molecule has 1 fully saturated rings. The van der Waals surface area contributed by atoms with E-state index in [1.165, 1.54) is 4.90 Å². The third-order valence-electron chi connectivity index (χ3n) is 4.32. The number of alkyl carbamates (subject to hydrolysis) is 1. The lowest BCUT2D eigenvalue weighted by Crippen LogP contribution is -2.51. The third-order valence-corrected chi connectivity index (χ3v) is 4.32. The van der Waals surface area contributed by atoms with Gasteiger partial charge in [0.05, 0.1) is 0 Å². The van der Waals surface area contributed by atoms with Gasteiger partial charge in [-0.05, 0) is 37.8 Å². The maximum atomic E-state index is 12.7. The number of rotatable bonds is 8. The molecule has 1 aliphatic heterocycles. The molecule has 26 heavy (non-hydrogen) atoms. The highest BCUT2D eigenvalue weighted by Crippen LogP contribution is 2.19. The first-order valence-corrected chi connectivity index (χ1v) is 8.73. The van der Waals surface area contributed by atoms with Crippen LogP contribution in [0.25, 0.3) is 0 Å². The van der Waals surface area contributed by atoms with Crippen LogP contribution in [0.1, 0.15) is 31.2 Å². The summed E-state index contributed by atoms with van der Waals surface area (Å²) in [6.07, 6.45) is 1.20. The van der Waals surface area contributed by atoms with Gasteiger partial charge in [-0.2, -0.15) is 0 Å². The van der Waals surface area contributed by atoms with Crippen LogP contribution in [0.4, 0.5) is 4.79 Å². The van der Waals surface area contributed by atoms with Gasteiger partial charge >= 0.3 is 12.1 Å². The van der Waals surface area contributed by atoms with E-state index in [1.54, 1.807) is 0 Å². The minimum absolute atomic E-state index is 0.0892. The number of nitrogens with two attached hydrogens (primary N) is 1. The van der Waals surface area contributed by atoms with Gasteiger partial charge in [0.25, 0.3) is 0 Å². The number of hydrogen-bond acceptors (Lipinski definition) is 5. The molecule has 0 saturated carbocycles.